The molecular formula is C31H27N5O4. The maximum absolute atomic E-state index is 14.1. The van der Waals surface area contributed by atoms with Crippen LogP contribution in [-0.4, -0.2) is 39.2 Å². The summed E-state index contributed by atoms with van der Waals surface area (Å²) >= 11 is 0. The first kappa shape index (κ1) is 23.9. The van der Waals surface area contributed by atoms with Crippen molar-refractivity contribution in [1.29, 1.82) is 0 Å². The summed E-state index contributed by atoms with van der Waals surface area (Å²) in [4.78, 5) is 16.0. The van der Waals surface area contributed by atoms with Crippen LogP contribution in [0, 0.1) is 6.92 Å². The average molecular weight is 534 g/mol. The molecule has 2 aliphatic heterocycles. The van der Waals surface area contributed by atoms with Gasteiger partial charge in [-0.3, -0.25) is 0 Å². The third kappa shape index (κ3) is 3.94. The Kier molecular flexibility index (Phi) is 5.70. The van der Waals surface area contributed by atoms with E-state index in [-0.39, 0.29) is 18.9 Å². The Bertz CT molecular complexity index is 1710. The number of para-hydroxylation sites is 1. The van der Waals surface area contributed by atoms with Crippen LogP contribution in [0.3, 0.4) is 0 Å². The quantitative estimate of drug-likeness (QED) is 0.314. The third-order valence-corrected chi connectivity index (χ3v) is 7.40. The molecule has 9 heteroatoms. The SMILES string of the molecule is COc1ccc([C@H]2c3cccn3-c3c(c(C)nn3-c3ccccc3)CN2C(=O)Nc2ccc3c(c2)OCO3)cc1. The zero-order chi connectivity index (χ0) is 27.2. The highest BCUT2D eigenvalue weighted by molar-refractivity contribution is 5.90. The van der Waals surface area contributed by atoms with Crippen LogP contribution < -0.4 is 19.5 Å². The molecule has 0 saturated heterocycles. The maximum Gasteiger partial charge on any atom is 0.322 e. The molecule has 40 heavy (non-hydrogen) atoms. The van der Waals surface area contributed by atoms with Gasteiger partial charge in [-0.05, 0) is 61.0 Å². The fourth-order valence-corrected chi connectivity index (χ4v) is 5.46. The van der Waals surface area contributed by atoms with Crippen molar-refractivity contribution < 1.29 is 19.0 Å². The van der Waals surface area contributed by atoms with Gasteiger partial charge in [0, 0.05) is 23.5 Å². The zero-order valence-corrected chi connectivity index (χ0v) is 22.1. The third-order valence-electron chi connectivity index (χ3n) is 7.40. The molecule has 1 N–H and O–H groups in total. The van der Waals surface area contributed by atoms with E-state index in [0.717, 1.165) is 39.8 Å². The molecule has 2 amide bonds. The predicted octanol–water partition coefficient (Wildman–Crippen LogP) is 5.85. The zero-order valence-electron chi connectivity index (χ0n) is 22.1. The van der Waals surface area contributed by atoms with Gasteiger partial charge in [-0.2, -0.15) is 5.10 Å². The van der Waals surface area contributed by atoms with Crippen molar-refractivity contribution in [3.63, 3.8) is 0 Å². The molecule has 0 saturated carbocycles. The normalized spacial score (nSPS) is 15.2. The van der Waals surface area contributed by atoms with Crippen molar-refractivity contribution in [3.8, 4) is 28.8 Å². The maximum atomic E-state index is 14.1. The van der Waals surface area contributed by atoms with E-state index in [2.05, 4.69) is 16.0 Å². The minimum absolute atomic E-state index is 0.169. The number of carbonyl (C=O) groups excluding carboxylic acids is 1. The molecule has 4 heterocycles. The van der Waals surface area contributed by atoms with E-state index in [4.69, 9.17) is 19.3 Å². The molecule has 200 valence electrons. The Morgan fingerprint density at radius 2 is 1.77 bits per heavy atom. The van der Waals surface area contributed by atoms with Gasteiger partial charge in [0.05, 0.1) is 36.8 Å². The number of rotatable bonds is 4. The minimum Gasteiger partial charge on any atom is -0.497 e. The number of methoxy groups -OCH3 is 1. The van der Waals surface area contributed by atoms with E-state index in [1.54, 1.807) is 19.2 Å². The number of nitrogens with one attached hydrogen (secondary N) is 1. The van der Waals surface area contributed by atoms with Gasteiger partial charge in [-0.25, -0.2) is 9.48 Å². The Hall–Kier alpha value is -5.18. The largest absolute Gasteiger partial charge is 0.497 e. The lowest BCUT2D eigenvalue weighted by atomic mass is 10.0. The molecule has 3 aromatic carbocycles. The number of ether oxygens (including phenoxy) is 3. The highest BCUT2D eigenvalue weighted by Crippen LogP contribution is 2.40. The summed E-state index contributed by atoms with van der Waals surface area (Å²) in [6.45, 7) is 2.51. The molecule has 2 aliphatic rings. The van der Waals surface area contributed by atoms with E-state index in [1.165, 1.54) is 0 Å². The molecule has 0 radical (unpaired) electrons. The number of nitrogens with zero attached hydrogens (tertiary/aromatic N) is 4. The molecule has 0 bridgehead atoms. The molecule has 0 spiro atoms. The van der Waals surface area contributed by atoms with Crippen molar-refractivity contribution in [1.82, 2.24) is 19.2 Å². The molecule has 7 rings (SSSR count). The summed E-state index contributed by atoms with van der Waals surface area (Å²) in [5.41, 5.74) is 5.31. The van der Waals surface area contributed by atoms with E-state index >= 15 is 0 Å². The summed E-state index contributed by atoms with van der Waals surface area (Å²) in [7, 11) is 1.64. The van der Waals surface area contributed by atoms with Crippen LogP contribution >= 0.6 is 0 Å². The van der Waals surface area contributed by atoms with Crippen LogP contribution in [0.1, 0.15) is 28.6 Å². The Balaban J connectivity index is 1.37. The number of amides is 2. The first-order valence-electron chi connectivity index (χ1n) is 13.0. The highest BCUT2D eigenvalue weighted by atomic mass is 16.7. The topological polar surface area (TPSA) is 82.8 Å². The second-order valence-electron chi connectivity index (χ2n) is 9.74. The molecule has 0 aliphatic carbocycles. The second kappa shape index (κ2) is 9.53. The minimum atomic E-state index is -0.383. The summed E-state index contributed by atoms with van der Waals surface area (Å²) in [6.07, 6.45) is 2.03. The van der Waals surface area contributed by atoms with Gasteiger partial charge in [0.15, 0.2) is 11.5 Å². The molecular weight excluding hydrogens is 506 g/mol. The van der Waals surface area contributed by atoms with E-state index < -0.39 is 0 Å². The van der Waals surface area contributed by atoms with Crippen LogP contribution in [0.25, 0.3) is 11.5 Å². The predicted molar refractivity (Wildman–Crippen MR) is 150 cm³/mol. The van der Waals surface area contributed by atoms with Crippen LogP contribution in [0.4, 0.5) is 10.5 Å². The van der Waals surface area contributed by atoms with E-state index in [9.17, 15) is 4.79 Å². The van der Waals surface area contributed by atoms with E-state index in [0.29, 0.717) is 23.7 Å². The first-order chi connectivity index (χ1) is 19.6. The highest BCUT2D eigenvalue weighted by Gasteiger charge is 2.36. The second-order valence-corrected chi connectivity index (χ2v) is 9.74. The standard InChI is InChI=1S/C31H27N5O4/c1-20-25-18-35(31(37)32-22-12-15-27-28(17-22)40-19-39-27)29(21-10-13-24(38-2)14-11-21)26-9-6-16-34(26)30(25)36(33-20)23-7-4-3-5-8-23/h3-17,29H,18-19H2,1-2H3,(H,32,37)/t29-/m0/s1. The Morgan fingerprint density at radius 1 is 0.975 bits per heavy atom. The van der Waals surface area contributed by atoms with E-state index in [1.807, 2.05) is 89.4 Å². The smallest absolute Gasteiger partial charge is 0.322 e. The number of fused-ring (bicyclic) bond motifs is 4. The molecule has 0 unspecified atom stereocenters. The molecule has 9 nitrogen and oxygen atoms in total. The number of carbonyl (C=O) groups is 1. The molecule has 2 aromatic heterocycles. The number of aromatic nitrogens is 3. The van der Waals surface area contributed by atoms with Crippen molar-refractivity contribution in [2.24, 2.45) is 0 Å². The van der Waals surface area contributed by atoms with Crippen LogP contribution in [-0.2, 0) is 6.54 Å². The molecule has 5 aromatic rings. The van der Waals surface area contributed by atoms with Gasteiger partial charge in [0.25, 0.3) is 0 Å². The lowest BCUT2D eigenvalue weighted by molar-refractivity contribution is 0.174. The van der Waals surface area contributed by atoms with Gasteiger partial charge in [0.1, 0.15) is 11.6 Å². The Labute approximate surface area is 231 Å². The number of urea groups is 1. The first-order valence-corrected chi connectivity index (χ1v) is 13.0. The van der Waals surface area contributed by atoms with Gasteiger partial charge in [0.2, 0.25) is 6.79 Å². The van der Waals surface area contributed by atoms with Crippen LogP contribution in [0.15, 0.2) is 91.1 Å². The van der Waals surface area contributed by atoms with Gasteiger partial charge < -0.3 is 29.0 Å². The van der Waals surface area contributed by atoms with Crippen molar-refractivity contribution in [3.05, 3.63) is 114 Å². The van der Waals surface area contributed by atoms with Crippen LogP contribution in [0.5, 0.6) is 17.2 Å². The van der Waals surface area contributed by atoms with Gasteiger partial charge >= 0.3 is 6.03 Å². The lowest BCUT2D eigenvalue weighted by Gasteiger charge is -2.31. The van der Waals surface area contributed by atoms with Crippen molar-refractivity contribution in [2.45, 2.75) is 19.5 Å². The molecule has 1 atom stereocenters. The summed E-state index contributed by atoms with van der Waals surface area (Å²) in [5.74, 6) is 2.94. The molecule has 0 fully saturated rings. The summed E-state index contributed by atoms with van der Waals surface area (Å²) in [6, 6.07) is 26.8. The van der Waals surface area contributed by atoms with Crippen molar-refractivity contribution >= 4 is 11.7 Å². The monoisotopic (exact) mass is 533 g/mol. The number of hydrogen-bond acceptors (Lipinski definition) is 5. The summed E-state index contributed by atoms with van der Waals surface area (Å²) in [5, 5.41) is 8.00. The number of hydrogen-bond donors (Lipinski definition) is 1. The van der Waals surface area contributed by atoms with Crippen LogP contribution in [0.2, 0.25) is 0 Å². The summed E-state index contributed by atoms with van der Waals surface area (Å²) < 4.78 is 20.5. The number of benzene rings is 3. The fourth-order valence-electron chi connectivity index (χ4n) is 5.46. The number of aryl methyl sites for hydroxylation is 1. The van der Waals surface area contributed by atoms with Gasteiger partial charge in [-0.15, -0.1) is 0 Å². The fraction of sp³-hybridized carbons (Fsp3) is 0.161. The van der Waals surface area contributed by atoms with Gasteiger partial charge in [-0.1, -0.05) is 30.3 Å². The Morgan fingerprint density at radius 3 is 2.58 bits per heavy atom. The average Bonchev–Trinajstić information content (AvgIpc) is 3.70. The number of anilines is 1. The van der Waals surface area contributed by atoms with Crippen molar-refractivity contribution in [2.75, 3.05) is 19.2 Å². The lowest BCUT2D eigenvalue weighted by Crippen LogP contribution is -2.38.